The van der Waals surface area contributed by atoms with Crippen LogP contribution in [0.5, 0.6) is 0 Å². The number of nitrogens with zero attached hydrogens (tertiary/aromatic N) is 3. The van der Waals surface area contributed by atoms with Gasteiger partial charge in [0.2, 0.25) is 0 Å². The van der Waals surface area contributed by atoms with Crippen LogP contribution in [0.4, 0.5) is 5.82 Å². The van der Waals surface area contributed by atoms with Gasteiger partial charge in [-0.3, -0.25) is 0 Å². The highest BCUT2D eigenvalue weighted by atomic mass is 35.5. The first kappa shape index (κ1) is 13.6. The lowest BCUT2D eigenvalue weighted by Crippen LogP contribution is -2.32. The number of likely N-dealkylation sites (tertiary alicyclic amines) is 1. The number of likely N-dealkylation sites (N-methyl/N-ethyl adjacent to an activating group) is 1. The predicted molar refractivity (Wildman–Crippen MR) is 76.1 cm³/mol. The van der Waals surface area contributed by atoms with Crippen LogP contribution in [0.25, 0.3) is 0 Å². The van der Waals surface area contributed by atoms with Crippen LogP contribution in [0, 0.1) is 0 Å². The van der Waals surface area contributed by atoms with Crippen LogP contribution in [-0.4, -0.2) is 43.1 Å². The minimum absolute atomic E-state index is 0.453. The lowest BCUT2D eigenvalue weighted by atomic mass is 10.2. The van der Waals surface area contributed by atoms with Gasteiger partial charge in [0.05, 0.1) is 5.02 Å². The van der Waals surface area contributed by atoms with Crippen molar-refractivity contribution in [3.8, 4) is 0 Å². The molecule has 2 N–H and O–H groups in total. The van der Waals surface area contributed by atoms with Crippen molar-refractivity contribution in [1.29, 1.82) is 0 Å². The normalized spacial score (nSPS) is 16.2. The highest BCUT2D eigenvalue weighted by Crippen LogP contribution is 2.25. The van der Waals surface area contributed by atoms with Crippen LogP contribution in [-0.2, 0) is 6.54 Å². The molecule has 1 aliphatic rings. The zero-order valence-corrected chi connectivity index (χ0v) is 11.7. The summed E-state index contributed by atoms with van der Waals surface area (Å²) >= 11 is 6.30. The van der Waals surface area contributed by atoms with E-state index in [1.165, 1.54) is 25.9 Å². The number of aromatic nitrogens is 1. The molecule has 1 aromatic rings. The van der Waals surface area contributed by atoms with E-state index in [4.69, 9.17) is 17.3 Å². The molecule has 0 amide bonds. The highest BCUT2D eigenvalue weighted by Gasteiger charge is 2.14. The van der Waals surface area contributed by atoms with E-state index >= 15 is 0 Å². The molecule has 4 nitrogen and oxygen atoms in total. The largest absolute Gasteiger partial charge is 0.357 e. The van der Waals surface area contributed by atoms with E-state index in [-0.39, 0.29) is 0 Å². The molecule has 0 aliphatic carbocycles. The van der Waals surface area contributed by atoms with Crippen molar-refractivity contribution < 1.29 is 0 Å². The third kappa shape index (κ3) is 3.13. The number of halogens is 1. The minimum atomic E-state index is 0.453. The van der Waals surface area contributed by atoms with Crippen LogP contribution in [0.2, 0.25) is 5.02 Å². The van der Waals surface area contributed by atoms with Gasteiger partial charge in [-0.1, -0.05) is 11.6 Å². The molecule has 2 rings (SSSR count). The second-order valence-electron chi connectivity index (χ2n) is 4.78. The molecule has 1 aromatic heterocycles. The summed E-state index contributed by atoms with van der Waals surface area (Å²) in [5, 5.41) is 0.684. The second-order valence-corrected chi connectivity index (χ2v) is 5.16. The van der Waals surface area contributed by atoms with Crippen molar-refractivity contribution in [2.45, 2.75) is 19.4 Å². The van der Waals surface area contributed by atoms with Gasteiger partial charge in [0.1, 0.15) is 5.82 Å². The van der Waals surface area contributed by atoms with E-state index in [1.807, 2.05) is 13.1 Å². The van der Waals surface area contributed by atoms with Gasteiger partial charge in [-0.15, -0.1) is 0 Å². The summed E-state index contributed by atoms with van der Waals surface area (Å²) in [6.45, 7) is 4.91. The second kappa shape index (κ2) is 6.36. The number of pyridine rings is 1. The highest BCUT2D eigenvalue weighted by molar-refractivity contribution is 6.33. The molecular formula is C13H21ClN4. The first-order chi connectivity index (χ1) is 8.72. The number of hydrogen-bond acceptors (Lipinski definition) is 4. The molecule has 18 heavy (non-hydrogen) atoms. The van der Waals surface area contributed by atoms with Gasteiger partial charge in [-0.05, 0) is 37.6 Å². The molecule has 5 heteroatoms. The maximum Gasteiger partial charge on any atom is 0.147 e. The number of rotatable bonds is 5. The summed E-state index contributed by atoms with van der Waals surface area (Å²) in [7, 11) is 2.03. The topological polar surface area (TPSA) is 45.4 Å². The number of hydrogen-bond donors (Lipinski definition) is 1. The van der Waals surface area contributed by atoms with Gasteiger partial charge in [-0.2, -0.15) is 0 Å². The Balaban J connectivity index is 1.97. The average Bonchev–Trinajstić information content (AvgIpc) is 2.89. The Morgan fingerprint density at radius 1 is 1.44 bits per heavy atom. The first-order valence-electron chi connectivity index (χ1n) is 6.49. The fraction of sp³-hybridized carbons (Fsp3) is 0.615. The molecule has 0 aromatic carbocycles. The van der Waals surface area contributed by atoms with Crippen molar-refractivity contribution >= 4 is 17.4 Å². The molecule has 0 saturated carbocycles. The summed E-state index contributed by atoms with van der Waals surface area (Å²) in [4.78, 5) is 8.95. The summed E-state index contributed by atoms with van der Waals surface area (Å²) in [5.41, 5.74) is 6.61. The van der Waals surface area contributed by atoms with Crippen molar-refractivity contribution in [2.24, 2.45) is 5.73 Å². The molecular weight excluding hydrogens is 248 g/mol. The lowest BCUT2D eigenvalue weighted by Gasteiger charge is -2.23. The zero-order valence-electron chi connectivity index (χ0n) is 10.9. The summed E-state index contributed by atoms with van der Waals surface area (Å²) in [5.74, 6) is 0.832. The van der Waals surface area contributed by atoms with Gasteiger partial charge in [0, 0.05) is 32.9 Å². The molecule has 1 aliphatic heterocycles. The van der Waals surface area contributed by atoms with E-state index in [9.17, 15) is 0 Å². The predicted octanol–water partition coefficient (Wildman–Crippen LogP) is 1.73. The molecule has 100 valence electrons. The lowest BCUT2D eigenvalue weighted by molar-refractivity contribution is 0.346. The minimum Gasteiger partial charge on any atom is -0.357 e. The first-order valence-corrected chi connectivity index (χ1v) is 6.87. The van der Waals surface area contributed by atoms with Gasteiger partial charge in [0.25, 0.3) is 0 Å². The third-order valence-corrected chi connectivity index (χ3v) is 3.89. The maximum absolute atomic E-state index is 6.30. The van der Waals surface area contributed by atoms with Crippen LogP contribution >= 0.6 is 11.6 Å². The Morgan fingerprint density at radius 2 is 2.17 bits per heavy atom. The Morgan fingerprint density at radius 3 is 2.83 bits per heavy atom. The Hall–Kier alpha value is -0.840. The van der Waals surface area contributed by atoms with Crippen LogP contribution < -0.4 is 10.6 Å². The summed E-state index contributed by atoms with van der Waals surface area (Å²) in [6, 6.07) is 1.88. The molecule has 0 bridgehead atoms. The molecule has 2 heterocycles. The Bertz CT molecular complexity index is 391. The standard InChI is InChI=1S/C13H21ClN4/c1-17(8-9-18-6-2-3-7-18)13-12(14)11(10-15)4-5-16-13/h4-5H,2-3,6-10,15H2,1H3. The molecule has 0 spiro atoms. The fourth-order valence-corrected chi connectivity index (χ4v) is 2.63. The molecule has 1 fully saturated rings. The molecule has 0 atom stereocenters. The van der Waals surface area contributed by atoms with Gasteiger partial charge < -0.3 is 15.5 Å². The summed E-state index contributed by atoms with van der Waals surface area (Å²) < 4.78 is 0. The van der Waals surface area contributed by atoms with Crippen LogP contribution in [0.1, 0.15) is 18.4 Å². The molecule has 0 radical (unpaired) electrons. The maximum atomic E-state index is 6.30. The quantitative estimate of drug-likeness (QED) is 0.883. The van der Waals surface area contributed by atoms with Gasteiger partial charge in [0.15, 0.2) is 0 Å². The number of anilines is 1. The third-order valence-electron chi connectivity index (χ3n) is 3.48. The molecule has 1 saturated heterocycles. The van der Waals surface area contributed by atoms with Crippen molar-refractivity contribution in [2.75, 3.05) is 38.1 Å². The fourth-order valence-electron chi connectivity index (χ4n) is 2.30. The van der Waals surface area contributed by atoms with E-state index in [1.54, 1.807) is 6.20 Å². The number of nitrogens with two attached hydrogens (primary N) is 1. The average molecular weight is 269 g/mol. The molecule has 0 unspecified atom stereocenters. The Labute approximate surface area is 114 Å². The van der Waals surface area contributed by atoms with Crippen molar-refractivity contribution in [3.63, 3.8) is 0 Å². The van der Waals surface area contributed by atoms with Crippen LogP contribution in [0.15, 0.2) is 12.3 Å². The van der Waals surface area contributed by atoms with Gasteiger partial charge >= 0.3 is 0 Å². The zero-order chi connectivity index (χ0) is 13.0. The van der Waals surface area contributed by atoms with E-state index in [0.29, 0.717) is 11.6 Å². The van der Waals surface area contributed by atoms with E-state index < -0.39 is 0 Å². The monoisotopic (exact) mass is 268 g/mol. The smallest absolute Gasteiger partial charge is 0.147 e. The SMILES string of the molecule is CN(CCN1CCCC1)c1nccc(CN)c1Cl. The van der Waals surface area contributed by atoms with Gasteiger partial charge in [-0.25, -0.2) is 4.98 Å². The van der Waals surface area contributed by atoms with Crippen molar-refractivity contribution in [1.82, 2.24) is 9.88 Å². The van der Waals surface area contributed by atoms with E-state index in [0.717, 1.165) is 24.5 Å². The van der Waals surface area contributed by atoms with Crippen LogP contribution in [0.3, 0.4) is 0 Å². The Kier molecular flexibility index (Phi) is 4.80. The van der Waals surface area contributed by atoms with E-state index in [2.05, 4.69) is 14.8 Å². The summed E-state index contributed by atoms with van der Waals surface area (Å²) in [6.07, 6.45) is 4.42. The van der Waals surface area contributed by atoms with Crippen molar-refractivity contribution in [3.05, 3.63) is 22.8 Å².